The van der Waals surface area contributed by atoms with Crippen molar-refractivity contribution in [1.29, 1.82) is 0 Å². The second kappa shape index (κ2) is 8.72. The number of carbonyl (C=O) groups excluding carboxylic acids is 1. The molecule has 2 heterocycles. The summed E-state index contributed by atoms with van der Waals surface area (Å²) in [5.41, 5.74) is 3.60. The van der Waals surface area contributed by atoms with Gasteiger partial charge in [0.15, 0.2) is 0 Å². The van der Waals surface area contributed by atoms with Crippen molar-refractivity contribution >= 4 is 34.3 Å². The van der Waals surface area contributed by atoms with E-state index < -0.39 is 0 Å². The molecule has 0 saturated carbocycles. The molecule has 1 N–H and O–H groups in total. The number of carbonyl (C=O) groups is 1. The highest BCUT2D eigenvalue weighted by Crippen LogP contribution is 2.36. The summed E-state index contributed by atoms with van der Waals surface area (Å²) in [6.07, 6.45) is 0. The van der Waals surface area contributed by atoms with Gasteiger partial charge >= 0.3 is 0 Å². The standard InChI is InChI=1S/C28H21N3O2S/c32-28(21-11-10-19-6-4-5-7-20(19)16-21)29-27-25-17-34-18-26(25)30-31(27)22-12-14-24(15-13-22)33-23-8-2-1-3-9-23/h1-16H,17-18H2,(H,29,32). The van der Waals surface area contributed by atoms with Crippen LogP contribution in [0, 0.1) is 0 Å². The minimum Gasteiger partial charge on any atom is -0.457 e. The zero-order valence-corrected chi connectivity index (χ0v) is 19.1. The first-order valence-electron chi connectivity index (χ1n) is 11.1. The lowest BCUT2D eigenvalue weighted by Gasteiger charge is -2.12. The number of nitrogens with one attached hydrogen (secondary N) is 1. The molecule has 166 valence electrons. The molecule has 1 aliphatic heterocycles. The van der Waals surface area contributed by atoms with Gasteiger partial charge in [0, 0.05) is 22.6 Å². The van der Waals surface area contributed by atoms with E-state index in [-0.39, 0.29) is 5.91 Å². The Morgan fingerprint density at radius 1 is 0.824 bits per heavy atom. The van der Waals surface area contributed by atoms with Crippen molar-refractivity contribution in [3.05, 3.63) is 114 Å². The molecule has 0 unspecified atom stereocenters. The van der Waals surface area contributed by atoms with Crippen LogP contribution in [0.5, 0.6) is 11.5 Å². The maximum absolute atomic E-state index is 13.2. The van der Waals surface area contributed by atoms with Gasteiger partial charge in [-0.05, 0) is 59.3 Å². The number of hydrogen-bond donors (Lipinski definition) is 1. The summed E-state index contributed by atoms with van der Waals surface area (Å²) in [5.74, 6) is 3.79. The lowest BCUT2D eigenvalue weighted by Crippen LogP contribution is -2.16. The molecule has 0 bridgehead atoms. The fourth-order valence-corrected chi connectivity index (χ4v) is 5.15. The molecule has 0 aliphatic carbocycles. The van der Waals surface area contributed by atoms with Gasteiger partial charge in [0.25, 0.3) is 5.91 Å². The van der Waals surface area contributed by atoms with Gasteiger partial charge in [-0.1, -0.05) is 48.5 Å². The second-order valence-electron chi connectivity index (χ2n) is 8.10. The maximum atomic E-state index is 13.2. The van der Waals surface area contributed by atoms with Gasteiger partial charge < -0.3 is 10.1 Å². The van der Waals surface area contributed by atoms with Crippen LogP contribution in [0.4, 0.5) is 5.82 Å². The van der Waals surface area contributed by atoms with Crippen molar-refractivity contribution in [3.63, 3.8) is 0 Å². The van der Waals surface area contributed by atoms with Crippen LogP contribution in [0.25, 0.3) is 16.5 Å². The Kier molecular flexibility index (Phi) is 5.28. The van der Waals surface area contributed by atoms with Crippen LogP contribution < -0.4 is 10.1 Å². The first-order chi connectivity index (χ1) is 16.7. The number of fused-ring (bicyclic) bond motifs is 2. The zero-order chi connectivity index (χ0) is 22.9. The average molecular weight is 464 g/mol. The van der Waals surface area contributed by atoms with Crippen LogP contribution in [-0.4, -0.2) is 15.7 Å². The highest BCUT2D eigenvalue weighted by molar-refractivity contribution is 7.98. The molecular weight excluding hydrogens is 442 g/mol. The molecule has 6 rings (SSSR count). The first kappa shape index (κ1) is 20.6. The number of para-hydroxylation sites is 1. The van der Waals surface area contributed by atoms with Crippen molar-refractivity contribution in [2.45, 2.75) is 11.5 Å². The Morgan fingerprint density at radius 3 is 2.38 bits per heavy atom. The SMILES string of the molecule is O=C(Nc1c2c(nn1-c1ccc(Oc3ccccc3)cc1)CSC2)c1ccc2ccccc2c1. The van der Waals surface area contributed by atoms with E-state index in [0.29, 0.717) is 5.56 Å². The smallest absolute Gasteiger partial charge is 0.256 e. The van der Waals surface area contributed by atoms with E-state index in [1.807, 2.05) is 114 Å². The van der Waals surface area contributed by atoms with Crippen molar-refractivity contribution in [2.24, 2.45) is 0 Å². The minimum atomic E-state index is -0.143. The highest BCUT2D eigenvalue weighted by atomic mass is 32.2. The Morgan fingerprint density at radius 2 is 1.56 bits per heavy atom. The molecule has 1 aromatic heterocycles. The Balaban J connectivity index is 1.30. The van der Waals surface area contributed by atoms with Crippen LogP contribution >= 0.6 is 11.8 Å². The number of ether oxygens (including phenoxy) is 1. The Labute approximate surface area is 201 Å². The summed E-state index contributed by atoms with van der Waals surface area (Å²) < 4.78 is 7.74. The van der Waals surface area contributed by atoms with Gasteiger partial charge in [-0.15, -0.1) is 0 Å². The predicted molar refractivity (Wildman–Crippen MR) is 137 cm³/mol. The van der Waals surface area contributed by atoms with Crippen LogP contribution in [-0.2, 0) is 11.5 Å². The quantitative estimate of drug-likeness (QED) is 0.311. The third-order valence-corrected chi connectivity index (χ3v) is 6.83. The Bertz CT molecular complexity index is 1490. The third-order valence-electron chi connectivity index (χ3n) is 5.86. The molecule has 1 amide bonds. The van der Waals surface area contributed by atoms with E-state index in [0.717, 1.165) is 56.5 Å². The van der Waals surface area contributed by atoms with Gasteiger partial charge in [-0.25, -0.2) is 4.68 Å². The molecule has 0 saturated heterocycles. The van der Waals surface area contributed by atoms with Crippen LogP contribution in [0.2, 0.25) is 0 Å². The van der Waals surface area contributed by atoms with Crippen molar-refractivity contribution < 1.29 is 9.53 Å². The molecule has 5 nitrogen and oxygen atoms in total. The summed E-state index contributed by atoms with van der Waals surface area (Å²) in [4.78, 5) is 13.2. The maximum Gasteiger partial charge on any atom is 0.256 e. The molecule has 0 spiro atoms. The van der Waals surface area contributed by atoms with E-state index in [1.165, 1.54) is 0 Å². The van der Waals surface area contributed by atoms with Crippen LogP contribution in [0.15, 0.2) is 97.1 Å². The van der Waals surface area contributed by atoms with Crippen molar-refractivity contribution in [2.75, 3.05) is 5.32 Å². The summed E-state index contributed by atoms with van der Waals surface area (Å²) in [5, 5.41) is 10.1. The Hall–Kier alpha value is -4.03. The second-order valence-corrected chi connectivity index (χ2v) is 9.09. The monoisotopic (exact) mass is 463 g/mol. The number of thioether (sulfide) groups is 1. The van der Waals surface area contributed by atoms with E-state index in [9.17, 15) is 4.79 Å². The van der Waals surface area contributed by atoms with Crippen LogP contribution in [0.3, 0.4) is 0 Å². The van der Waals surface area contributed by atoms with Gasteiger partial charge in [0.05, 0.1) is 11.4 Å². The highest BCUT2D eigenvalue weighted by Gasteiger charge is 2.25. The molecule has 1 aliphatic rings. The molecule has 5 aromatic rings. The minimum absolute atomic E-state index is 0.143. The number of benzene rings is 4. The van der Waals surface area contributed by atoms with E-state index >= 15 is 0 Å². The summed E-state index contributed by atoms with van der Waals surface area (Å²) in [7, 11) is 0. The van der Waals surface area contributed by atoms with Crippen molar-refractivity contribution in [1.82, 2.24) is 9.78 Å². The normalized spacial score (nSPS) is 12.5. The topological polar surface area (TPSA) is 56.2 Å². The molecule has 34 heavy (non-hydrogen) atoms. The predicted octanol–water partition coefficient (Wildman–Crippen LogP) is 6.82. The van der Waals surface area contributed by atoms with Gasteiger partial charge in [-0.2, -0.15) is 16.9 Å². The summed E-state index contributed by atoms with van der Waals surface area (Å²) in [6, 6.07) is 31.2. The number of rotatable bonds is 5. The number of amides is 1. The van der Waals surface area contributed by atoms with Crippen LogP contribution in [0.1, 0.15) is 21.6 Å². The van der Waals surface area contributed by atoms with Gasteiger partial charge in [0.2, 0.25) is 0 Å². The number of anilines is 1. The molecular formula is C28H21N3O2S. The fraction of sp³-hybridized carbons (Fsp3) is 0.0714. The van der Waals surface area contributed by atoms with Gasteiger partial charge in [0.1, 0.15) is 17.3 Å². The van der Waals surface area contributed by atoms with Gasteiger partial charge in [-0.3, -0.25) is 4.79 Å². The zero-order valence-electron chi connectivity index (χ0n) is 18.3. The molecule has 0 radical (unpaired) electrons. The van der Waals surface area contributed by atoms with E-state index in [4.69, 9.17) is 9.84 Å². The fourth-order valence-electron chi connectivity index (χ4n) is 4.12. The van der Waals surface area contributed by atoms with E-state index in [1.54, 1.807) is 0 Å². The molecule has 4 aromatic carbocycles. The molecule has 0 fully saturated rings. The number of hydrogen-bond acceptors (Lipinski definition) is 4. The average Bonchev–Trinajstić information content (AvgIpc) is 3.47. The first-order valence-corrected chi connectivity index (χ1v) is 12.2. The molecule has 6 heteroatoms. The lowest BCUT2D eigenvalue weighted by atomic mass is 10.1. The summed E-state index contributed by atoms with van der Waals surface area (Å²) >= 11 is 1.81. The van der Waals surface area contributed by atoms with Crippen molar-refractivity contribution in [3.8, 4) is 17.2 Å². The lowest BCUT2D eigenvalue weighted by molar-refractivity contribution is 0.102. The number of aromatic nitrogens is 2. The van der Waals surface area contributed by atoms with E-state index in [2.05, 4.69) is 5.32 Å². The number of nitrogens with zero attached hydrogens (tertiary/aromatic N) is 2. The summed E-state index contributed by atoms with van der Waals surface area (Å²) in [6.45, 7) is 0. The molecule has 0 atom stereocenters. The largest absolute Gasteiger partial charge is 0.457 e. The third kappa shape index (κ3) is 3.93.